The van der Waals surface area contributed by atoms with Gasteiger partial charge in [-0.2, -0.15) is 0 Å². The third-order valence-electron chi connectivity index (χ3n) is 0.727. The molecule has 0 fully saturated rings. The van der Waals surface area contributed by atoms with E-state index in [1.807, 2.05) is 6.92 Å². The molecule has 6 heteroatoms. The molecule has 0 radical (unpaired) electrons. The van der Waals surface area contributed by atoms with Crippen molar-refractivity contribution in [1.29, 1.82) is 0 Å². The molecular formula is C5H13O5P. The number of phosphoric ester groups is 1. The van der Waals surface area contributed by atoms with Gasteiger partial charge in [0.1, 0.15) is 0 Å². The van der Waals surface area contributed by atoms with Crippen molar-refractivity contribution in [3.63, 3.8) is 0 Å². The van der Waals surface area contributed by atoms with Gasteiger partial charge in [-0.1, -0.05) is 6.92 Å². The van der Waals surface area contributed by atoms with Gasteiger partial charge in [-0.25, -0.2) is 9.45 Å². The fourth-order valence-electron chi connectivity index (χ4n) is 0.372. The van der Waals surface area contributed by atoms with E-state index in [0.29, 0.717) is 6.42 Å². The number of hydrogen-bond acceptors (Lipinski definition) is 4. The third-order valence-corrected chi connectivity index (χ3v) is 1.60. The van der Waals surface area contributed by atoms with Crippen LogP contribution in [0.25, 0.3) is 0 Å². The minimum atomic E-state index is -3.94. The highest BCUT2D eigenvalue weighted by Crippen LogP contribution is 2.42. The van der Waals surface area contributed by atoms with Gasteiger partial charge in [-0.05, 0) is 13.3 Å². The van der Waals surface area contributed by atoms with Crippen LogP contribution in [0.15, 0.2) is 0 Å². The Balaban J connectivity index is 3.47. The van der Waals surface area contributed by atoms with Crippen LogP contribution < -0.4 is 0 Å². The SMILES string of the molecule is CCCOOP(=O)(O)OCC. The van der Waals surface area contributed by atoms with Crippen LogP contribution in [0.1, 0.15) is 20.3 Å². The molecule has 0 aliphatic carbocycles. The van der Waals surface area contributed by atoms with Crippen LogP contribution in [0.5, 0.6) is 0 Å². The van der Waals surface area contributed by atoms with Gasteiger partial charge < -0.3 is 4.89 Å². The summed E-state index contributed by atoms with van der Waals surface area (Å²) in [4.78, 5) is 13.1. The lowest BCUT2D eigenvalue weighted by molar-refractivity contribution is -0.223. The molecule has 0 saturated heterocycles. The normalized spacial score (nSPS) is 16.3. The number of hydrogen-bond donors (Lipinski definition) is 1. The quantitative estimate of drug-likeness (QED) is 0.293. The molecule has 0 aromatic carbocycles. The first-order chi connectivity index (χ1) is 5.12. The zero-order valence-corrected chi connectivity index (χ0v) is 7.54. The van der Waals surface area contributed by atoms with E-state index >= 15 is 0 Å². The fraction of sp³-hybridized carbons (Fsp3) is 1.00. The molecule has 0 aromatic heterocycles. The Hall–Kier alpha value is 0.0700. The van der Waals surface area contributed by atoms with Crippen molar-refractivity contribution in [3.05, 3.63) is 0 Å². The highest BCUT2D eigenvalue weighted by atomic mass is 31.2. The van der Waals surface area contributed by atoms with Crippen LogP contribution in [0.2, 0.25) is 0 Å². The first kappa shape index (κ1) is 11.1. The first-order valence-electron chi connectivity index (χ1n) is 3.41. The predicted molar refractivity (Wildman–Crippen MR) is 38.8 cm³/mol. The van der Waals surface area contributed by atoms with Crippen LogP contribution in [-0.4, -0.2) is 18.1 Å². The minimum Gasteiger partial charge on any atom is -0.301 e. The fourth-order valence-corrected chi connectivity index (χ4v) is 0.949. The summed E-state index contributed by atoms with van der Waals surface area (Å²) in [5.74, 6) is 0. The molecule has 11 heavy (non-hydrogen) atoms. The Morgan fingerprint density at radius 1 is 1.45 bits per heavy atom. The largest absolute Gasteiger partial charge is 0.499 e. The molecule has 0 amide bonds. The van der Waals surface area contributed by atoms with E-state index in [4.69, 9.17) is 4.89 Å². The molecule has 0 spiro atoms. The maximum absolute atomic E-state index is 10.7. The van der Waals surface area contributed by atoms with Crippen molar-refractivity contribution in [2.24, 2.45) is 0 Å². The van der Waals surface area contributed by atoms with Gasteiger partial charge in [0.05, 0.1) is 13.2 Å². The highest BCUT2D eigenvalue weighted by molar-refractivity contribution is 7.47. The second-order valence-corrected chi connectivity index (χ2v) is 3.13. The lowest BCUT2D eigenvalue weighted by Crippen LogP contribution is -1.97. The molecule has 0 heterocycles. The van der Waals surface area contributed by atoms with Crippen molar-refractivity contribution in [2.75, 3.05) is 13.2 Å². The molecule has 0 aliphatic rings. The Morgan fingerprint density at radius 3 is 2.55 bits per heavy atom. The van der Waals surface area contributed by atoms with Crippen molar-refractivity contribution >= 4 is 7.82 Å². The van der Waals surface area contributed by atoms with Gasteiger partial charge in [0.15, 0.2) is 0 Å². The summed E-state index contributed by atoms with van der Waals surface area (Å²) in [6.07, 6.45) is 0.714. The molecular weight excluding hydrogens is 171 g/mol. The maximum atomic E-state index is 10.7. The van der Waals surface area contributed by atoms with Crippen molar-refractivity contribution in [2.45, 2.75) is 20.3 Å². The summed E-state index contributed by atoms with van der Waals surface area (Å²) in [6, 6.07) is 0. The summed E-state index contributed by atoms with van der Waals surface area (Å²) in [5.41, 5.74) is 0. The van der Waals surface area contributed by atoms with Gasteiger partial charge in [-0.3, -0.25) is 4.52 Å². The van der Waals surface area contributed by atoms with Crippen molar-refractivity contribution in [1.82, 2.24) is 0 Å². The average molecular weight is 184 g/mol. The summed E-state index contributed by atoms with van der Waals surface area (Å²) in [5, 5.41) is 0. The lowest BCUT2D eigenvalue weighted by atomic mass is 10.5. The summed E-state index contributed by atoms with van der Waals surface area (Å²) >= 11 is 0. The van der Waals surface area contributed by atoms with E-state index in [1.165, 1.54) is 0 Å². The van der Waals surface area contributed by atoms with E-state index in [1.54, 1.807) is 6.92 Å². The third kappa shape index (κ3) is 6.47. The van der Waals surface area contributed by atoms with E-state index in [0.717, 1.165) is 0 Å². The molecule has 1 unspecified atom stereocenters. The monoisotopic (exact) mass is 184 g/mol. The zero-order chi connectivity index (χ0) is 8.74. The van der Waals surface area contributed by atoms with E-state index in [9.17, 15) is 4.57 Å². The predicted octanol–water partition coefficient (Wildman–Crippen LogP) is 1.48. The van der Waals surface area contributed by atoms with Gasteiger partial charge in [0, 0.05) is 0 Å². The van der Waals surface area contributed by atoms with Crippen LogP contribution in [0, 0.1) is 0 Å². The van der Waals surface area contributed by atoms with E-state index < -0.39 is 7.82 Å². The Kier molecular flexibility index (Phi) is 5.72. The molecule has 0 rings (SSSR count). The zero-order valence-electron chi connectivity index (χ0n) is 6.65. The molecule has 0 saturated carbocycles. The van der Waals surface area contributed by atoms with Gasteiger partial charge in [0.25, 0.3) is 0 Å². The summed E-state index contributed by atoms with van der Waals surface area (Å²) in [7, 11) is -3.94. The second kappa shape index (κ2) is 5.69. The minimum absolute atomic E-state index is 0.114. The van der Waals surface area contributed by atoms with Crippen LogP contribution >= 0.6 is 7.82 Å². The van der Waals surface area contributed by atoms with Gasteiger partial charge in [-0.15, -0.1) is 4.67 Å². The molecule has 5 nitrogen and oxygen atoms in total. The molecule has 68 valence electrons. The van der Waals surface area contributed by atoms with Crippen molar-refractivity contribution in [3.8, 4) is 0 Å². The van der Waals surface area contributed by atoms with Crippen LogP contribution in [0.4, 0.5) is 0 Å². The van der Waals surface area contributed by atoms with Crippen LogP contribution in [0.3, 0.4) is 0 Å². The molecule has 0 bridgehead atoms. The maximum Gasteiger partial charge on any atom is 0.499 e. The second-order valence-electron chi connectivity index (χ2n) is 1.78. The first-order valence-corrected chi connectivity index (χ1v) is 4.90. The standard InChI is InChI=1S/C5H13O5P/c1-3-5-8-10-11(6,7)9-4-2/h3-5H2,1-2H3,(H,6,7). The molecule has 0 aromatic rings. The number of phosphoric acid groups is 1. The van der Waals surface area contributed by atoms with Crippen molar-refractivity contribution < 1.29 is 23.5 Å². The summed E-state index contributed by atoms with van der Waals surface area (Å²) < 4.78 is 19.1. The topological polar surface area (TPSA) is 65.0 Å². The van der Waals surface area contributed by atoms with Gasteiger partial charge in [0.2, 0.25) is 0 Å². The smallest absolute Gasteiger partial charge is 0.301 e. The van der Waals surface area contributed by atoms with E-state index in [2.05, 4.69) is 14.1 Å². The lowest BCUT2D eigenvalue weighted by Gasteiger charge is -2.08. The average Bonchev–Trinajstić information content (AvgIpc) is 1.87. The Labute approximate surface area is 65.8 Å². The van der Waals surface area contributed by atoms with Gasteiger partial charge >= 0.3 is 7.82 Å². The molecule has 1 N–H and O–H groups in total. The molecule has 1 atom stereocenters. The summed E-state index contributed by atoms with van der Waals surface area (Å²) in [6.45, 7) is 3.83. The van der Waals surface area contributed by atoms with E-state index in [-0.39, 0.29) is 13.2 Å². The number of rotatable bonds is 6. The van der Waals surface area contributed by atoms with Crippen LogP contribution in [-0.2, 0) is 18.7 Å². The highest BCUT2D eigenvalue weighted by Gasteiger charge is 2.20. The Morgan fingerprint density at radius 2 is 2.09 bits per heavy atom. The Bertz CT molecular complexity index is 137. The molecule has 0 aliphatic heterocycles.